The predicted molar refractivity (Wildman–Crippen MR) is 101 cm³/mol. The summed E-state index contributed by atoms with van der Waals surface area (Å²) in [6.07, 6.45) is 6.29. The van der Waals surface area contributed by atoms with Gasteiger partial charge in [0.15, 0.2) is 0 Å². The molecule has 2 aromatic carbocycles. The van der Waals surface area contributed by atoms with Crippen LogP contribution >= 0.6 is 0 Å². The van der Waals surface area contributed by atoms with Crippen molar-refractivity contribution in [1.29, 1.82) is 0 Å². The summed E-state index contributed by atoms with van der Waals surface area (Å²) in [4.78, 5) is 4.08. The summed E-state index contributed by atoms with van der Waals surface area (Å²) in [7, 11) is 0. The van der Waals surface area contributed by atoms with E-state index in [1.807, 2.05) is 16.8 Å². The zero-order chi connectivity index (χ0) is 17.5. The number of aromatic nitrogens is 2. The Morgan fingerprint density at radius 3 is 2.44 bits per heavy atom. The van der Waals surface area contributed by atoms with Gasteiger partial charge in [-0.1, -0.05) is 42.5 Å². The van der Waals surface area contributed by atoms with E-state index >= 15 is 0 Å². The van der Waals surface area contributed by atoms with Crippen molar-refractivity contribution >= 4 is 0 Å². The van der Waals surface area contributed by atoms with E-state index in [1.165, 1.54) is 11.1 Å². The van der Waals surface area contributed by atoms with Crippen molar-refractivity contribution < 1.29 is 5.11 Å². The molecular formula is C21H25N3O. The SMILES string of the molecule is CC(NCC(CCO)c1ccccc1)c1ccc(-n2ccnc2)cc1. The van der Waals surface area contributed by atoms with Gasteiger partial charge in [0.2, 0.25) is 0 Å². The van der Waals surface area contributed by atoms with E-state index in [-0.39, 0.29) is 12.6 Å². The second-order valence-corrected chi connectivity index (χ2v) is 6.31. The maximum Gasteiger partial charge on any atom is 0.0991 e. The molecule has 0 spiro atoms. The molecule has 25 heavy (non-hydrogen) atoms. The van der Waals surface area contributed by atoms with Crippen LogP contribution in [0.15, 0.2) is 73.3 Å². The second kappa shape index (κ2) is 8.60. The van der Waals surface area contributed by atoms with Gasteiger partial charge in [-0.05, 0) is 42.5 Å². The first-order valence-electron chi connectivity index (χ1n) is 8.75. The number of aliphatic hydroxyl groups is 1. The lowest BCUT2D eigenvalue weighted by molar-refractivity contribution is 0.272. The number of hydrogen-bond acceptors (Lipinski definition) is 3. The summed E-state index contributed by atoms with van der Waals surface area (Å²) in [5, 5.41) is 13.0. The normalized spacial score (nSPS) is 13.5. The Hall–Kier alpha value is -2.43. The van der Waals surface area contributed by atoms with E-state index in [2.05, 4.69) is 65.8 Å². The quantitative estimate of drug-likeness (QED) is 0.660. The van der Waals surface area contributed by atoms with E-state index in [4.69, 9.17) is 0 Å². The number of nitrogens with zero attached hydrogens (tertiary/aromatic N) is 2. The second-order valence-electron chi connectivity index (χ2n) is 6.31. The average molecular weight is 335 g/mol. The highest BCUT2D eigenvalue weighted by atomic mass is 16.3. The zero-order valence-corrected chi connectivity index (χ0v) is 14.5. The fraction of sp³-hybridized carbons (Fsp3) is 0.286. The highest BCUT2D eigenvalue weighted by Gasteiger charge is 2.13. The Kier molecular flexibility index (Phi) is 5.99. The molecule has 0 radical (unpaired) electrons. The topological polar surface area (TPSA) is 50.1 Å². The van der Waals surface area contributed by atoms with Crippen molar-refractivity contribution in [2.24, 2.45) is 0 Å². The fourth-order valence-corrected chi connectivity index (χ4v) is 3.05. The summed E-state index contributed by atoms with van der Waals surface area (Å²) in [5.74, 6) is 0.318. The van der Waals surface area contributed by atoms with Crippen molar-refractivity contribution in [2.45, 2.75) is 25.3 Å². The largest absolute Gasteiger partial charge is 0.396 e. The molecule has 4 nitrogen and oxygen atoms in total. The molecule has 2 N–H and O–H groups in total. The Balaban J connectivity index is 1.62. The lowest BCUT2D eigenvalue weighted by atomic mass is 9.95. The smallest absolute Gasteiger partial charge is 0.0991 e. The number of rotatable bonds is 8. The van der Waals surface area contributed by atoms with Gasteiger partial charge in [0.05, 0.1) is 6.33 Å². The minimum Gasteiger partial charge on any atom is -0.396 e. The van der Waals surface area contributed by atoms with E-state index in [0.29, 0.717) is 5.92 Å². The van der Waals surface area contributed by atoms with Crippen LogP contribution in [0, 0.1) is 0 Å². The van der Waals surface area contributed by atoms with Crippen LogP contribution in [0.5, 0.6) is 0 Å². The Morgan fingerprint density at radius 1 is 1.04 bits per heavy atom. The Morgan fingerprint density at radius 2 is 1.80 bits per heavy atom. The van der Waals surface area contributed by atoms with Crippen LogP contribution in [0.4, 0.5) is 0 Å². The molecule has 3 rings (SSSR count). The molecule has 1 heterocycles. The van der Waals surface area contributed by atoms with Crippen LogP contribution in [-0.2, 0) is 0 Å². The molecule has 0 aliphatic carbocycles. The van der Waals surface area contributed by atoms with Crippen LogP contribution in [0.25, 0.3) is 5.69 Å². The van der Waals surface area contributed by atoms with Gasteiger partial charge >= 0.3 is 0 Å². The van der Waals surface area contributed by atoms with Crippen molar-refractivity contribution in [2.75, 3.05) is 13.2 Å². The van der Waals surface area contributed by atoms with Gasteiger partial charge in [-0.25, -0.2) is 4.98 Å². The molecule has 0 saturated carbocycles. The van der Waals surface area contributed by atoms with Crippen LogP contribution in [0.2, 0.25) is 0 Å². The molecular weight excluding hydrogens is 310 g/mol. The van der Waals surface area contributed by atoms with Crippen LogP contribution < -0.4 is 5.32 Å². The third-order valence-electron chi connectivity index (χ3n) is 4.61. The standard InChI is InChI=1S/C21H25N3O/c1-17(18-7-9-21(10-8-18)24-13-12-22-16-24)23-15-20(11-14-25)19-5-3-2-4-6-19/h2-10,12-13,16-17,20,23,25H,11,14-15H2,1H3. The van der Waals surface area contributed by atoms with Crippen LogP contribution in [0.3, 0.4) is 0 Å². The molecule has 0 saturated heterocycles. The highest BCUT2D eigenvalue weighted by molar-refractivity contribution is 5.35. The van der Waals surface area contributed by atoms with Gasteiger partial charge in [-0.2, -0.15) is 0 Å². The van der Waals surface area contributed by atoms with E-state index in [9.17, 15) is 5.11 Å². The van der Waals surface area contributed by atoms with Gasteiger partial charge < -0.3 is 15.0 Å². The Labute approximate surface area is 149 Å². The molecule has 0 aliphatic heterocycles. The van der Waals surface area contributed by atoms with Crippen molar-refractivity contribution in [1.82, 2.24) is 14.9 Å². The Bertz CT molecular complexity index is 739. The first kappa shape index (κ1) is 17.4. The molecule has 3 aromatic rings. The summed E-state index contributed by atoms with van der Waals surface area (Å²) >= 11 is 0. The first-order chi connectivity index (χ1) is 12.3. The first-order valence-corrected chi connectivity index (χ1v) is 8.75. The van der Waals surface area contributed by atoms with Crippen molar-refractivity contribution in [3.05, 3.63) is 84.4 Å². The maximum atomic E-state index is 9.37. The third kappa shape index (κ3) is 4.56. The van der Waals surface area contributed by atoms with Gasteiger partial charge in [0.1, 0.15) is 0 Å². The number of aliphatic hydroxyl groups excluding tert-OH is 1. The lowest BCUT2D eigenvalue weighted by Crippen LogP contribution is -2.25. The van der Waals surface area contributed by atoms with E-state index in [0.717, 1.165) is 18.7 Å². The molecule has 0 aliphatic rings. The van der Waals surface area contributed by atoms with Crippen LogP contribution in [0.1, 0.15) is 36.4 Å². The molecule has 2 atom stereocenters. The van der Waals surface area contributed by atoms with Gasteiger partial charge in [0.25, 0.3) is 0 Å². The monoisotopic (exact) mass is 335 g/mol. The fourth-order valence-electron chi connectivity index (χ4n) is 3.05. The summed E-state index contributed by atoms with van der Waals surface area (Å²) in [6.45, 7) is 3.22. The average Bonchev–Trinajstić information content (AvgIpc) is 3.20. The molecule has 0 bridgehead atoms. The third-order valence-corrected chi connectivity index (χ3v) is 4.61. The van der Waals surface area contributed by atoms with Gasteiger partial charge in [-0.15, -0.1) is 0 Å². The van der Waals surface area contributed by atoms with Crippen LogP contribution in [-0.4, -0.2) is 27.8 Å². The number of hydrogen-bond donors (Lipinski definition) is 2. The predicted octanol–water partition coefficient (Wildman–Crippen LogP) is 3.69. The molecule has 0 amide bonds. The van der Waals surface area contributed by atoms with Crippen molar-refractivity contribution in [3.63, 3.8) is 0 Å². The zero-order valence-electron chi connectivity index (χ0n) is 14.5. The van der Waals surface area contributed by atoms with Gasteiger partial charge in [0, 0.05) is 37.3 Å². The highest BCUT2D eigenvalue weighted by Crippen LogP contribution is 2.21. The van der Waals surface area contributed by atoms with Gasteiger partial charge in [-0.3, -0.25) is 0 Å². The lowest BCUT2D eigenvalue weighted by Gasteiger charge is -2.21. The summed E-state index contributed by atoms with van der Waals surface area (Å²) < 4.78 is 1.99. The summed E-state index contributed by atoms with van der Waals surface area (Å²) in [6, 6.07) is 19.2. The number of imidazole rings is 1. The minimum absolute atomic E-state index is 0.204. The van der Waals surface area contributed by atoms with E-state index < -0.39 is 0 Å². The molecule has 130 valence electrons. The van der Waals surface area contributed by atoms with Crippen molar-refractivity contribution in [3.8, 4) is 5.69 Å². The molecule has 2 unspecified atom stereocenters. The van der Waals surface area contributed by atoms with E-state index in [1.54, 1.807) is 12.5 Å². The maximum absolute atomic E-state index is 9.37. The number of nitrogens with one attached hydrogen (secondary N) is 1. The number of benzene rings is 2. The minimum atomic E-state index is 0.204. The molecule has 1 aromatic heterocycles. The summed E-state index contributed by atoms with van der Waals surface area (Å²) in [5.41, 5.74) is 3.63. The molecule has 4 heteroatoms. The molecule has 0 fully saturated rings.